The maximum absolute atomic E-state index is 12.3. The van der Waals surface area contributed by atoms with E-state index in [1.54, 1.807) is 36.4 Å². The molecule has 6 heteroatoms. The van der Waals surface area contributed by atoms with Gasteiger partial charge in [0.15, 0.2) is 5.78 Å². The Kier molecular flexibility index (Phi) is 5.52. The highest BCUT2D eigenvalue weighted by Gasteiger charge is 2.17. The number of ketones is 1. The van der Waals surface area contributed by atoms with Gasteiger partial charge in [-0.05, 0) is 42.3 Å². The third-order valence-electron chi connectivity index (χ3n) is 3.96. The van der Waals surface area contributed by atoms with Crippen LogP contribution in [-0.2, 0) is 6.42 Å². The molecule has 0 aliphatic heterocycles. The van der Waals surface area contributed by atoms with Crippen LogP contribution in [0, 0.1) is 0 Å². The van der Waals surface area contributed by atoms with Crippen molar-refractivity contribution in [3.63, 3.8) is 0 Å². The van der Waals surface area contributed by atoms with Crippen molar-refractivity contribution in [1.29, 1.82) is 0 Å². The summed E-state index contributed by atoms with van der Waals surface area (Å²) in [5.41, 5.74) is 0.716. The van der Waals surface area contributed by atoms with Crippen molar-refractivity contribution in [3.8, 4) is 28.7 Å². The van der Waals surface area contributed by atoms with Crippen LogP contribution in [0.5, 0.6) is 28.7 Å². The van der Waals surface area contributed by atoms with Crippen LogP contribution < -0.4 is 4.74 Å². The average Bonchev–Trinajstić information content (AvgIpc) is 2.60. The van der Waals surface area contributed by atoms with Crippen LogP contribution in [0.25, 0.3) is 0 Å². The molecule has 0 atom stereocenters. The van der Waals surface area contributed by atoms with Crippen LogP contribution in [0.15, 0.2) is 60.7 Å². The molecule has 0 spiro atoms. The van der Waals surface area contributed by atoms with Crippen LogP contribution in [0.1, 0.15) is 22.3 Å². The zero-order valence-electron chi connectivity index (χ0n) is 14.2. The standard InChI is InChI=1S/C21H17ClO5/c22-14-2-1-3-17(10-14)27-16-7-4-13(5-8-16)6-9-18(24)21-19(25)11-15(23)12-20(21)26/h1-5,7-8,10-12,23,25-26H,6,9H2. The molecule has 138 valence electrons. The van der Waals surface area contributed by atoms with E-state index in [-0.39, 0.29) is 17.7 Å². The molecule has 0 saturated carbocycles. The van der Waals surface area contributed by atoms with E-state index in [9.17, 15) is 20.1 Å². The maximum atomic E-state index is 12.3. The van der Waals surface area contributed by atoms with Gasteiger partial charge in [-0.25, -0.2) is 0 Å². The van der Waals surface area contributed by atoms with E-state index in [1.165, 1.54) is 0 Å². The number of ether oxygens (including phenoxy) is 1. The van der Waals surface area contributed by atoms with E-state index < -0.39 is 17.3 Å². The molecule has 3 N–H and O–H groups in total. The van der Waals surface area contributed by atoms with Gasteiger partial charge in [0, 0.05) is 23.6 Å². The third-order valence-corrected chi connectivity index (χ3v) is 4.19. The van der Waals surface area contributed by atoms with Crippen molar-refractivity contribution in [2.24, 2.45) is 0 Å². The number of carbonyl (C=O) groups excluding carboxylic acids is 1. The number of Topliss-reactive ketones (excluding diaryl/α,β-unsaturated/α-hetero) is 1. The number of halogens is 1. The zero-order valence-corrected chi connectivity index (χ0v) is 15.0. The SMILES string of the molecule is O=C(CCc1ccc(Oc2cccc(Cl)c2)cc1)c1c(O)cc(O)cc1O. The number of aryl methyl sites for hydroxylation is 1. The lowest BCUT2D eigenvalue weighted by Gasteiger charge is -2.08. The molecule has 3 rings (SSSR count). The second-order valence-electron chi connectivity index (χ2n) is 5.99. The Labute approximate surface area is 161 Å². The molecule has 3 aromatic rings. The summed E-state index contributed by atoms with van der Waals surface area (Å²) in [4.78, 5) is 12.3. The molecule has 0 fully saturated rings. The first kappa shape index (κ1) is 18.6. The number of hydrogen-bond donors (Lipinski definition) is 3. The molecule has 0 aliphatic rings. The van der Waals surface area contributed by atoms with Gasteiger partial charge in [-0.2, -0.15) is 0 Å². The minimum Gasteiger partial charge on any atom is -0.508 e. The first-order valence-electron chi connectivity index (χ1n) is 8.23. The summed E-state index contributed by atoms with van der Waals surface area (Å²) in [6.45, 7) is 0. The summed E-state index contributed by atoms with van der Waals surface area (Å²) in [6.07, 6.45) is 0.524. The van der Waals surface area contributed by atoms with Gasteiger partial charge in [0.25, 0.3) is 0 Å². The second-order valence-corrected chi connectivity index (χ2v) is 6.42. The van der Waals surface area contributed by atoms with E-state index >= 15 is 0 Å². The molecule has 0 bridgehead atoms. The minimum atomic E-state index is -0.442. The molecule has 27 heavy (non-hydrogen) atoms. The molecule has 0 amide bonds. The summed E-state index contributed by atoms with van der Waals surface area (Å²) in [5, 5.41) is 29.4. The molecule has 0 aliphatic carbocycles. The Morgan fingerprint density at radius 1 is 0.889 bits per heavy atom. The van der Waals surface area contributed by atoms with E-state index in [2.05, 4.69) is 0 Å². The van der Waals surface area contributed by atoms with Gasteiger partial charge in [0.05, 0.1) is 0 Å². The molecule has 0 unspecified atom stereocenters. The van der Waals surface area contributed by atoms with Gasteiger partial charge < -0.3 is 20.1 Å². The summed E-state index contributed by atoms with van der Waals surface area (Å²) in [5.74, 6) is -0.337. The first-order chi connectivity index (χ1) is 12.9. The minimum absolute atomic E-state index is 0.0976. The van der Waals surface area contributed by atoms with Crippen molar-refractivity contribution < 1.29 is 24.9 Å². The molecular formula is C21H17ClO5. The topological polar surface area (TPSA) is 87.0 Å². The number of carbonyl (C=O) groups is 1. The number of phenolic OH excluding ortho intramolecular Hbond substituents is 3. The molecule has 3 aromatic carbocycles. The van der Waals surface area contributed by atoms with Crippen LogP contribution in [0.4, 0.5) is 0 Å². The number of aromatic hydroxyl groups is 3. The van der Waals surface area contributed by atoms with Gasteiger partial charge in [-0.15, -0.1) is 0 Å². The fraction of sp³-hybridized carbons (Fsp3) is 0.0952. The van der Waals surface area contributed by atoms with E-state index in [0.717, 1.165) is 17.7 Å². The van der Waals surface area contributed by atoms with Gasteiger partial charge in [0.2, 0.25) is 0 Å². The Balaban J connectivity index is 1.63. The fourth-order valence-corrected chi connectivity index (χ4v) is 2.84. The van der Waals surface area contributed by atoms with Gasteiger partial charge >= 0.3 is 0 Å². The van der Waals surface area contributed by atoms with Crippen LogP contribution in [0.2, 0.25) is 5.02 Å². The highest BCUT2D eigenvalue weighted by atomic mass is 35.5. The highest BCUT2D eigenvalue weighted by molar-refractivity contribution is 6.30. The Morgan fingerprint density at radius 3 is 2.19 bits per heavy atom. The number of phenols is 3. The van der Waals surface area contributed by atoms with Crippen molar-refractivity contribution in [3.05, 3.63) is 76.8 Å². The number of rotatable bonds is 6. The highest BCUT2D eigenvalue weighted by Crippen LogP contribution is 2.33. The van der Waals surface area contributed by atoms with Gasteiger partial charge in [-0.1, -0.05) is 29.8 Å². The fourth-order valence-electron chi connectivity index (χ4n) is 2.66. The monoisotopic (exact) mass is 384 g/mol. The maximum Gasteiger partial charge on any atom is 0.170 e. The summed E-state index contributed by atoms with van der Waals surface area (Å²) in [7, 11) is 0. The van der Waals surface area contributed by atoms with Crippen molar-refractivity contribution in [2.45, 2.75) is 12.8 Å². The first-order valence-corrected chi connectivity index (χ1v) is 8.60. The Hall–Kier alpha value is -3.18. The van der Waals surface area contributed by atoms with Crippen molar-refractivity contribution in [2.75, 3.05) is 0 Å². The smallest absolute Gasteiger partial charge is 0.170 e. The lowest BCUT2D eigenvalue weighted by atomic mass is 10.0. The lowest BCUT2D eigenvalue weighted by Crippen LogP contribution is -2.02. The molecular weight excluding hydrogens is 368 g/mol. The Morgan fingerprint density at radius 2 is 1.56 bits per heavy atom. The molecule has 5 nitrogen and oxygen atoms in total. The molecule has 0 heterocycles. The quantitative estimate of drug-likeness (QED) is 0.517. The number of hydrogen-bond acceptors (Lipinski definition) is 5. The van der Waals surface area contributed by atoms with Gasteiger partial charge in [-0.3, -0.25) is 4.79 Å². The second kappa shape index (κ2) is 8.01. The van der Waals surface area contributed by atoms with E-state index in [4.69, 9.17) is 16.3 Å². The number of benzene rings is 3. The molecule has 0 radical (unpaired) electrons. The summed E-state index contributed by atoms with van der Waals surface area (Å²) in [6, 6.07) is 16.4. The predicted molar refractivity (Wildman–Crippen MR) is 102 cm³/mol. The molecule has 0 aromatic heterocycles. The van der Waals surface area contributed by atoms with Crippen molar-refractivity contribution in [1.82, 2.24) is 0 Å². The van der Waals surface area contributed by atoms with Gasteiger partial charge in [0.1, 0.15) is 34.3 Å². The third kappa shape index (κ3) is 4.71. The van der Waals surface area contributed by atoms with E-state index in [1.807, 2.05) is 12.1 Å². The largest absolute Gasteiger partial charge is 0.508 e. The summed E-state index contributed by atoms with van der Waals surface area (Å²) < 4.78 is 5.71. The normalized spacial score (nSPS) is 10.6. The van der Waals surface area contributed by atoms with Crippen LogP contribution >= 0.6 is 11.6 Å². The summed E-state index contributed by atoms with van der Waals surface area (Å²) >= 11 is 5.93. The predicted octanol–water partition coefficient (Wildman–Crippen LogP) is 5.06. The van der Waals surface area contributed by atoms with Crippen molar-refractivity contribution >= 4 is 17.4 Å². The van der Waals surface area contributed by atoms with Crippen LogP contribution in [0.3, 0.4) is 0 Å². The van der Waals surface area contributed by atoms with E-state index in [0.29, 0.717) is 22.9 Å². The average molecular weight is 385 g/mol. The van der Waals surface area contributed by atoms with Crippen LogP contribution in [-0.4, -0.2) is 21.1 Å². The lowest BCUT2D eigenvalue weighted by molar-refractivity contribution is 0.0977. The zero-order chi connectivity index (χ0) is 19.4. The molecule has 0 saturated heterocycles. The Bertz CT molecular complexity index is 944.